The van der Waals surface area contributed by atoms with Gasteiger partial charge in [0.1, 0.15) is 13.2 Å². The first-order valence-corrected chi connectivity index (χ1v) is 5.91. The minimum Gasteiger partial charge on any atom is -0.459 e. The van der Waals surface area contributed by atoms with Gasteiger partial charge in [-0.05, 0) is 13.8 Å². The van der Waals surface area contributed by atoms with Crippen LogP contribution in [0.4, 0.5) is 0 Å². The van der Waals surface area contributed by atoms with Crippen LogP contribution in [0.25, 0.3) is 0 Å². The Kier molecular flexibility index (Phi) is 7.95. The van der Waals surface area contributed by atoms with Gasteiger partial charge in [0.05, 0.1) is 0 Å². The van der Waals surface area contributed by atoms with Crippen molar-refractivity contribution >= 4 is 23.9 Å². The molecule has 0 spiro atoms. The summed E-state index contributed by atoms with van der Waals surface area (Å²) in [7, 11) is 0. The molecule has 20 heavy (non-hydrogen) atoms. The molecule has 0 N–H and O–H groups in total. The third-order valence-electron chi connectivity index (χ3n) is 1.92. The number of esters is 4. The number of carbonyl (C=O) groups is 4. The first-order valence-electron chi connectivity index (χ1n) is 5.91. The monoisotopic (exact) mass is 290 g/mol. The number of ether oxygens (including phenoxy) is 4. The molecule has 0 heterocycles. The molecule has 0 bridgehead atoms. The van der Waals surface area contributed by atoms with Gasteiger partial charge in [0, 0.05) is 13.8 Å². The van der Waals surface area contributed by atoms with Crippen LogP contribution in [0.3, 0.4) is 0 Å². The molecule has 0 aliphatic heterocycles. The van der Waals surface area contributed by atoms with Crippen LogP contribution in [-0.2, 0) is 38.1 Å². The molecule has 8 nitrogen and oxygen atoms in total. The summed E-state index contributed by atoms with van der Waals surface area (Å²) in [6.45, 7) is 4.67. The molecule has 0 saturated heterocycles. The first kappa shape index (κ1) is 17.9. The van der Waals surface area contributed by atoms with Crippen LogP contribution in [0.2, 0.25) is 0 Å². The SMILES string of the molecule is CC(=O)OC(C)C(=O)OCCOC(=O)C(C)OC(C)=O. The molecule has 8 heteroatoms. The van der Waals surface area contributed by atoms with Crippen LogP contribution in [0.15, 0.2) is 0 Å². The second kappa shape index (κ2) is 8.89. The van der Waals surface area contributed by atoms with Crippen LogP contribution in [-0.4, -0.2) is 49.3 Å². The highest BCUT2D eigenvalue weighted by atomic mass is 16.6. The minimum absolute atomic E-state index is 0.191. The molecule has 0 aromatic rings. The lowest BCUT2D eigenvalue weighted by molar-refractivity contribution is -0.170. The predicted octanol–water partition coefficient (Wildman–Crippen LogP) is -0.0240. The molecule has 0 saturated carbocycles. The summed E-state index contributed by atoms with van der Waals surface area (Å²) in [6.07, 6.45) is -2.05. The molecule has 0 fully saturated rings. The van der Waals surface area contributed by atoms with Gasteiger partial charge in [0.15, 0.2) is 12.2 Å². The Morgan fingerprint density at radius 1 is 0.750 bits per heavy atom. The average Bonchev–Trinajstić information content (AvgIpc) is 2.32. The quantitative estimate of drug-likeness (QED) is 0.366. The summed E-state index contributed by atoms with van der Waals surface area (Å²) < 4.78 is 18.6. The molecule has 2 atom stereocenters. The maximum Gasteiger partial charge on any atom is 0.347 e. The maximum atomic E-state index is 11.3. The Morgan fingerprint density at radius 2 is 1.05 bits per heavy atom. The highest BCUT2D eigenvalue weighted by Crippen LogP contribution is 1.97. The lowest BCUT2D eigenvalue weighted by Gasteiger charge is -2.13. The van der Waals surface area contributed by atoms with E-state index in [1.165, 1.54) is 27.7 Å². The minimum atomic E-state index is -1.02. The fourth-order valence-corrected chi connectivity index (χ4v) is 1.11. The predicted molar refractivity (Wildman–Crippen MR) is 64.4 cm³/mol. The molecule has 0 rings (SSSR count). The van der Waals surface area contributed by atoms with Crippen LogP contribution >= 0.6 is 0 Å². The van der Waals surface area contributed by atoms with E-state index in [2.05, 4.69) is 9.47 Å². The van der Waals surface area contributed by atoms with Gasteiger partial charge in [0.25, 0.3) is 0 Å². The fourth-order valence-electron chi connectivity index (χ4n) is 1.11. The smallest absolute Gasteiger partial charge is 0.347 e. The molecule has 0 aliphatic rings. The van der Waals surface area contributed by atoms with Crippen molar-refractivity contribution in [2.24, 2.45) is 0 Å². The van der Waals surface area contributed by atoms with Gasteiger partial charge in [0.2, 0.25) is 0 Å². The Balaban J connectivity index is 3.85. The highest BCUT2D eigenvalue weighted by Gasteiger charge is 2.19. The van der Waals surface area contributed by atoms with Crippen LogP contribution in [0.5, 0.6) is 0 Å². The fraction of sp³-hybridized carbons (Fsp3) is 0.667. The van der Waals surface area contributed by atoms with Crippen molar-refractivity contribution in [2.75, 3.05) is 13.2 Å². The van der Waals surface area contributed by atoms with E-state index in [0.717, 1.165) is 0 Å². The van der Waals surface area contributed by atoms with Gasteiger partial charge in [-0.25, -0.2) is 9.59 Å². The third-order valence-corrected chi connectivity index (χ3v) is 1.92. The Bertz CT molecular complexity index is 340. The van der Waals surface area contributed by atoms with Gasteiger partial charge in [-0.15, -0.1) is 0 Å². The maximum absolute atomic E-state index is 11.3. The van der Waals surface area contributed by atoms with E-state index in [0.29, 0.717) is 0 Å². The normalized spacial score (nSPS) is 12.8. The zero-order chi connectivity index (χ0) is 15.7. The molecule has 0 amide bonds. The number of hydrogen-bond donors (Lipinski definition) is 0. The van der Waals surface area contributed by atoms with Gasteiger partial charge in [-0.1, -0.05) is 0 Å². The van der Waals surface area contributed by atoms with Crippen molar-refractivity contribution in [1.82, 2.24) is 0 Å². The number of carbonyl (C=O) groups excluding carboxylic acids is 4. The van der Waals surface area contributed by atoms with Crippen molar-refractivity contribution in [3.8, 4) is 0 Å². The molecule has 0 aliphatic carbocycles. The van der Waals surface area contributed by atoms with E-state index in [-0.39, 0.29) is 13.2 Å². The molecule has 114 valence electrons. The number of rotatable bonds is 7. The summed E-state index contributed by atoms with van der Waals surface area (Å²) in [5, 5.41) is 0. The van der Waals surface area contributed by atoms with Crippen molar-refractivity contribution in [3.05, 3.63) is 0 Å². The van der Waals surface area contributed by atoms with Crippen LogP contribution < -0.4 is 0 Å². The summed E-state index contributed by atoms with van der Waals surface area (Å²) in [5.74, 6) is -2.69. The molecular formula is C12H18O8. The van der Waals surface area contributed by atoms with E-state index >= 15 is 0 Å². The zero-order valence-corrected chi connectivity index (χ0v) is 11.8. The van der Waals surface area contributed by atoms with E-state index < -0.39 is 36.1 Å². The summed E-state index contributed by atoms with van der Waals surface area (Å²) in [5.41, 5.74) is 0. The number of hydrogen-bond acceptors (Lipinski definition) is 8. The Hall–Kier alpha value is -2.12. The van der Waals surface area contributed by atoms with Crippen molar-refractivity contribution in [2.45, 2.75) is 39.9 Å². The second-order valence-electron chi connectivity index (χ2n) is 3.84. The first-order chi connectivity index (χ1) is 9.23. The molecule has 0 radical (unpaired) electrons. The lowest BCUT2D eigenvalue weighted by Crippen LogP contribution is -2.29. The molecule has 0 aromatic carbocycles. The Morgan fingerprint density at radius 3 is 1.30 bits per heavy atom. The molecule has 0 aromatic heterocycles. The summed E-state index contributed by atoms with van der Waals surface area (Å²) in [6, 6.07) is 0. The highest BCUT2D eigenvalue weighted by molar-refractivity contribution is 5.79. The van der Waals surface area contributed by atoms with Crippen LogP contribution in [0, 0.1) is 0 Å². The van der Waals surface area contributed by atoms with Gasteiger partial charge in [-0.3, -0.25) is 9.59 Å². The standard InChI is InChI=1S/C12H18O8/c1-7(19-9(3)13)11(15)17-5-6-18-12(16)8(2)20-10(4)14/h7-8H,5-6H2,1-4H3. The summed E-state index contributed by atoms with van der Waals surface area (Å²) in [4.78, 5) is 43.8. The third kappa shape index (κ3) is 8.06. The molecular weight excluding hydrogens is 272 g/mol. The lowest BCUT2D eigenvalue weighted by atomic mass is 10.4. The summed E-state index contributed by atoms with van der Waals surface area (Å²) >= 11 is 0. The van der Waals surface area contributed by atoms with Crippen molar-refractivity contribution in [3.63, 3.8) is 0 Å². The van der Waals surface area contributed by atoms with Crippen molar-refractivity contribution < 1.29 is 38.1 Å². The van der Waals surface area contributed by atoms with E-state index in [4.69, 9.17) is 9.47 Å². The Labute approximate surface area is 116 Å². The zero-order valence-electron chi connectivity index (χ0n) is 11.8. The second-order valence-corrected chi connectivity index (χ2v) is 3.84. The van der Waals surface area contributed by atoms with E-state index in [1.807, 2.05) is 0 Å². The largest absolute Gasteiger partial charge is 0.459 e. The van der Waals surface area contributed by atoms with Crippen molar-refractivity contribution in [1.29, 1.82) is 0 Å². The topological polar surface area (TPSA) is 105 Å². The molecule has 2 unspecified atom stereocenters. The van der Waals surface area contributed by atoms with Crippen LogP contribution in [0.1, 0.15) is 27.7 Å². The average molecular weight is 290 g/mol. The van der Waals surface area contributed by atoms with E-state index in [1.54, 1.807) is 0 Å². The van der Waals surface area contributed by atoms with Gasteiger partial charge < -0.3 is 18.9 Å². The van der Waals surface area contributed by atoms with Gasteiger partial charge >= 0.3 is 23.9 Å². The van der Waals surface area contributed by atoms with E-state index in [9.17, 15) is 19.2 Å². The van der Waals surface area contributed by atoms with Gasteiger partial charge in [-0.2, -0.15) is 0 Å².